The van der Waals surface area contributed by atoms with Crippen molar-refractivity contribution < 1.29 is 9.59 Å². The Balaban J connectivity index is 1.88. The number of nitrogens with zero attached hydrogens (tertiary/aromatic N) is 2. The van der Waals surface area contributed by atoms with E-state index in [4.69, 9.17) is 0 Å². The number of carbonyl (C=O) groups excluding carboxylic acids is 2. The predicted molar refractivity (Wildman–Crippen MR) is 91.9 cm³/mol. The van der Waals surface area contributed by atoms with Crippen molar-refractivity contribution in [3.63, 3.8) is 0 Å². The summed E-state index contributed by atoms with van der Waals surface area (Å²) in [7, 11) is 0. The summed E-state index contributed by atoms with van der Waals surface area (Å²) in [5, 5.41) is 0.596. The van der Waals surface area contributed by atoms with Crippen molar-refractivity contribution in [1.29, 1.82) is 0 Å². The summed E-state index contributed by atoms with van der Waals surface area (Å²) in [6.07, 6.45) is 6.53. The summed E-state index contributed by atoms with van der Waals surface area (Å²) in [4.78, 5) is 28.3. The standard InChI is InChI=1S/C17H28N2O2S/c1-3-16(20)18-11-8-14(9-12-18)17(21)19-10-6-5-7-15(13-19)22-4-2/h3,14-15H,1,4-13H2,2H3. The van der Waals surface area contributed by atoms with Crippen LogP contribution in [0.15, 0.2) is 12.7 Å². The van der Waals surface area contributed by atoms with Crippen LogP contribution in [0.2, 0.25) is 0 Å². The largest absolute Gasteiger partial charge is 0.341 e. The van der Waals surface area contributed by atoms with Crippen molar-refractivity contribution >= 4 is 23.6 Å². The van der Waals surface area contributed by atoms with Crippen LogP contribution < -0.4 is 0 Å². The van der Waals surface area contributed by atoms with E-state index in [1.807, 2.05) is 11.8 Å². The number of likely N-dealkylation sites (tertiary alicyclic amines) is 2. The number of piperidine rings is 1. The maximum absolute atomic E-state index is 12.8. The molecule has 0 aromatic carbocycles. The Bertz CT molecular complexity index is 405. The Morgan fingerprint density at radius 3 is 2.50 bits per heavy atom. The second-order valence-corrected chi connectivity index (χ2v) is 7.74. The number of amides is 2. The molecule has 0 N–H and O–H groups in total. The van der Waals surface area contributed by atoms with Gasteiger partial charge in [0.1, 0.15) is 0 Å². The maximum Gasteiger partial charge on any atom is 0.245 e. The Kier molecular flexibility index (Phi) is 6.80. The molecule has 2 saturated heterocycles. The van der Waals surface area contributed by atoms with Gasteiger partial charge in [0.25, 0.3) is 0 Å². The molecule has 0 radical (unpaired) electrons. The fraction of sp³-hybridized carbons (Fsp3) is 0.765. The lowest BCUT2D eigenvalue weighted by Crippen LogP contribution is -2.45. The summed E-state index contributed by atoms with van der Waals surface area (Å²) < 4.78 is 0. The van der Waals surface area contributed by atoms with Gasteiger partial charge in [-0.1, -0.05) is 19.9 Å². The highest BCUT2D eigenvalue weighted by atomic mass is 32.2. The lowest BCUT2D eigenvalue weighted by atomic mass is 9.95. The third-order valence-corrected chi connectivity index (χ3v) is 5.86. The quantitative estimate of drug-likeness (QED) is 0.746. The fourth-order valence-electron chi connectivity index (χ4n) is 3.41. The van der Waals surface area contributed by atoms with Crippen molar-refractivity contribution in [1.82, 2.24) is 9.80 Å². The van der Waals surface area contributed by atoms with Crippen LogP contribution in [0.1, 0.15) is 39.0 Å². The van der Waals surface area contributed by atoms with Crippen molar-refractivity contribution in [2.75, 3.05) is 31.9 Å². The van der Waals surface area contributed by atoms with Crippen molar-refractivity contribution in [2.24, 2.45) is 5.92 Å². The van der Waals surface area contributed by atoms with Crippen LogP contribution in [0.5, 0.6) is 0 Å². The smallest absolute Gasteiger partial charge is 0.245 e. The highest BCUT2D eigenvalue weighted by Gasteiger charge is 2.31. The van der Waals surface area contributed by atoms with Gasteiger partial charge in [-0.25, -0.2) is 0 Å². The van der Waals surface area contributed by atoms with Gasteiger partial charge in [-0.05, 0) is 37.5 Å². The van der Waals surface area contributed by atoms with E-state index in [-0.39, 0.29) is 11.8 Å². The summed E-state index contributed by atoms with van der Waals surface area (Å²) in [6, 6.07) is 0. The monoisotopic (exact) mass is 324 g/mol. The molecule has 2 aliphatic heterocycles. The molecule has 0 saturated carbocycles. The molecule has 124 valence electrons. The Labute approximate surface area is 138 Å². The second kappa shape index (κ2) is 8.61. The molecule has 2 heterocycles. The van der Waals surface area contributed by atoms with Crippen LogP contribution in [0.25, 0.3) is 0 Å². The molecule has 1 unspecified atom stereocenters. The van der Waals surface area contributed by atoms with Gasteiger partial charge in [0, 0.05) is 37.3 Å². The van der Waals surface area contributed by atoms with Gasteiger partial charge in [0.15, 0.2) is 0 Å². The van der Waals surface area contributed by atoms with Crippen LogP contribution in [0.3, 0.4) is 0 Å². The SMILES string of the molecule is C=CC(=O)N1CCC(C(=O)N2CCCCC(SCC)C2)CC1. The van der Waals surface area contributed by atoms with Gasteiger partial charge in [-0.2, -0.15) is 11.8 Å². The van der Waals surface area contributed by atoms with Gasteiger partial charge in [0.2, 0.25) is 11.8 Å². The third kappa shape index (κ3) is 4.51. The molecular formula is C17H28N2O2S. The molecule has 5 heteroatoms. The Morgan fingerprint density at radius 2 is 1.86 bits per heavy atom. The molecule has 0 aromatic rings. The molecule has 1 atom stereocenters. The van der Waals surface area contributed by atoms with Crippen molar-refractivity contribution in [2.45, 2.75) is 44.3 Å². The third-order valence-electron chi connectivity index (χ3n) is 4.67. The molecule has 2 rings (SSSR count). The zero-order chi connectivity index (χ0) is 15.9. The fourth-order valence-corrected chi connectivity index (χ4v) is 4.50. The zero-order valence-electron chi connectivity index (χ0n) is 13.6. The van der Waals surface area contributed by atoms with E-state index in [1.165, 1.54) is 18.9 Å². The van der Waals surface area contributed by atoms with E-state index < -0.39 is 0 Å². The minimum atomic E-state index is -0.0138. The first-order chi connectivity index (χ1) is 10.7. The summed E-state index contributed by atoms with van der Waals surface area (Å²) in [5.41, 5.74) is 0. The molecule has 2 fully saturated rings. The van der Waals surface area contributed by atoms with Crippen molar-refractivity contribution in [3.8, 4) is 0 Å². The van der Waals surface area contributed by atoms with Gasteiger partial charge in [-0.15, -0.1) is 0 Å². The number of thioether (sulfide) groups is 1. The molecule has 0 aliphatic carbocycles. The van der Waals surface area contributed by atoms with Gasteiger partial charge < -0.3 is 9.80 Å². The first-order valence-electron chi connectivity index (χ1n) is 8.47. The zero-order valence-corrected chi connectivity index (χ0v) is 14.4. The number of hydrogen-bond acceptors (Lipinski definition) is 3. The van der Waals surface area contributed by atoms with Gasteiger partial charge in [-0.3, -0.25) is 9.59 Å². The average Bonchev–Trinajstić information content (AvgIpc) is 2.79. The normalized spacial score (nSPS) is 24.0. The number of hydrogen-bond donors (Lipinski definition) is 0. The maximum atomic E-state index is 12.8. The van der Waals surface area contributed by atoms with E-state index in [0.717, 1.165) is 38.1 Å². The average molecular weight is 324 g/mol. The molecule has 0 spiro atoms. The van der Waals surface area contributed by atoms with E-state index in [9.17, 15) is 9.59 Å². The number of carbonyl (C=O) groups is 2. The van der Waals surface area contributed by atoms with Crippen LogP contribution in [0, 0.1) is 5.92 Å². The van der Waals surface area contributed by atoms with E-state index in [1.54, 1.807) is 4.90 Å². The molecule has 2 aliphatic rings. The lowest BCUT2D eigenvalue weighted by molar-refractivity contribution is -0.139. The minimum Gasteiger partial charge on any atom is -0.341 e. The topological polar surface area (TPSA) is 40.6 Å². The highest BCUT2D eigenvalue weighted by molar-refractivity contribution is 7.99. The van der Waals surface area contributed by atoms with Crippen LogP contribution in [-0.4, -0.2) is 58.8 Å². The summed E-state index contributed by atoms with van der Waals surface area (Å²) in [6.45, 7) is 8.90. The first kappa shape index (κ1) is 17.4. The Hall–Kier alpha value is -0.970. The molecule has 0 aromatic heterocycles. The molecule has 4 nitrogen and oxygen atoms in total. The van der Waals surface area contributed by atoms with E-state index >= 15 is 0 Å². The van der Waals surface area contributed by atoms with E-state index in [0.29, 0.717) is 24.2 Å². The Morgan fingerprint density at radius 1 is 1.14 bits per heavy atom. The summed E-state index contributed by atoms with van der Waals surface area (Å²) >= 11 is 1.98. The predicted octanol–water partition coefficient (Wildman–Crippen LogP) is 2.55. The first-order valence-corrected chi connectivity index (χ1v) is 9.52. The van der Waals surface area contributed by atoms with Crippen LogP contribution in [0.4, 0.5) is 0 Å². The van der Waals surface area contributed by atoms with Gasteiger partial charge >= 0.3 is 0 Å². The van der Waals surface area contributed by atoms with E-state index in [2.05, 4.69) is 18.4 Å². The van der Waals surface area contributed by atoms with Crippen LogP contribution in [-0.2, 0) is 9.59 Å². The molecule has 22 heavy (non-hydrogen) atoms. The number of rotatable bonds is 4. The summed E-state index contributed by atoms with van der Waals surface area (Å²) in [5.74, 6) is 1.52. The molecular weight excluding hydrogens is 296 g/mol. The molecule has 2 amide bonds. The van der Waals surface area contributed by atoms with Crippen LogP contribution >= 0.6 is 11.8 Å². The molecule has 0 bridgehead atoms. The highest BCUT2D eigenvalue weighted by Crippen LogP contribution is 2.25. The van der Waals surface area contributed by atoms with Gasteiger partial charge in [0.05, 0.1) is 0 Å². The lowest BCUT2D eigenvalue weighted by Gasteiger charge is -2.34. The minimum absolute atomic E-state index is 0.0138. The second-order valence-electron chi connectivity index (χ2n) is 6.16. The van der Waals surface area contributed by atoms with Crippen molar-refractivity contribution in [3.05, 3.63) is 12.7 Å².